The first-order valence-corrected chi connectivity index (χ1v) is 6.77. The summed E-state index contributed by atoms with van der Waals surface area (Å²) in [5.74, 6) is -1.04. The number of hydrogen-bond donors (Lipinski definition) is 2. The van der Waals surface area contributed by atoms with Crippen molar-refractivity contribution in [3.05, 3.63) is 22.8 Å². The van der Waals surface area contributed by atoms with Crippen molar-refractivity contribution in [2.75, 3.05) is 0 Å². The third-order valence-electron chi connectivity index (χ3n) is 5.31. The summed E-state index contributed by atoms with van der Waals surface area (Å²) < 4.78 is 6.03. The van der Waals surface area contributed by atoms with Crippen LogP contribution in [0.1, 0.15) is 47.0 Å². The van der Waals surface area contributed by atoms with Crippen molar-refractivity contribution in [1.29, 1.82) is 0 Å². The number of fused-ring (bicyclic) bond motifs is 1. The maximum absolute atomic E-state index is 11.0. The lowest BCUT2D eigenvalue weighted by Gasteiger charge is -2.46. The smallest absolute Gasteiger partial charge is 0.209 e. The van der Waals surface area contributed by atoms with E-state index < -0.39 is 17.0 Å². The van der Waals surface area contributed by atoms with Crippen LogP contribution in [0.4, 0.5) is 0 Å². The first-order valence-electron chi connectivity index (χ1n) is 6.77. The average molecular weight is 250 g/mol. The molecule has 18 heavy (non-hydrogen) atoms. The van der Waals surface area contributed by atoms with E-state index in [-0.39, 0.29) is 5.92 Å². The Hall–Kier alpha value is -0.640. The van der Waals surface area contributed by atoms with E-state index in [0.29, 0.717) is 6.42 Å². The summed E-state index contributed by atoms with van der Waals surface area (Å²) in [5.41, 5.74) is 1.33. The van der Waals surface area contributed by atoms with Gasteiger partial charge in [-0.15, -0.1) is 0 Å². The second-order valence-corrected chi connectivity index (χ2v) is 6.47. The van der Waals surface area contributed by atoms with E-state index in [9.17, 15) is 10.2 Å². The Labute approximate surface area is 108 Å². The highest BCUT2D eigenvalue weighted by Gasteiger charge is 2.69. The fourth-order valence-electron chi connectivity index (χ4n) is 4.14. The van der Waals surface area contributed by atoms with Gasteiger partial charge in [0.05, 0.1) is 0 Å². The lowest BCUT2D eigenvalue weighted by molar-refractivity contribution is -0.247. The Kier molecular flexibility index (Phi) is 2.25. The molecule has 2 heterocycles. The van der Waals surface area contributed by atoms with Gasteiger partial charge in [-0.25, -0.2) is 0 Å². The van der Waals surface area contributed by atoms with Gasteiger partial charge in [0.1, 0.15) is 11.2 Å². The van der Waals surface area contributed by atoms with Gasteiger partial charge < -0.3 is 14.9 Å². The van der Waals surface area contributed by atoms with Gasteiger partial charge >= 0.3 is 0 Å². The van der Waals surface area contributed by atoms with Crippen molar-refractivity contribution in [1.82, 2.24) is 0 Å². The van der Waals surface area contributed by atoms with E-state index in [1.807, 2.05) is 20.8 Å². The Morgan fingerprint density at radius 1 is 1.39 bits per heavy atom. The predicted molar refractivity (Wildman–Crippen MR) is 68.9 cm³/mol. The Morgan fingerprint density at radius 2 is 2.06 bits per heavy atom. The molecule has 2 fully saturated rings. The molecular weight excluding hydrogens is 228 g/mol. The first kappa shape index (κ1) is 12.4. The lowest BCUT2D eigenvalue weighted by atomic mass is 9.75. The van der Waals surface area contributed by atoms with Crippen LogP contribution in [0.5, 0.6) is 0 Å². The van der Waals surface area contributed by atoms with Crippen molar-refractivity contribution in [2.24, 2.45) is 5.92 Å². The van der Waals surface area contributed by atoms with Crippen LogP contribution in [-0.2, 0) is 4.74 Å². The molecule has 0 aromatic carbocycles. The molecule has 2 aliphatic heterocycles. The van der Waals surface area contributed by atoms with Crippen LogP contribution in [0, 0.1) is 5.92 Å². The van der Waals surface area contributed by atoms with Crippen LogP contribution in [0.3, 0.4) is 0 Å². The van der Waals surface area contributed by atoms with Gasteiger partial charge in [0, 0.05) is 6.42 Å². The molecule has 4 atom stereocenters. The van der Waals surface area contributed by atoms with Crippen molar-refractivity contribution in [3.8, 4) is 0 Å². The minimum Gasteiger partial charge on any atom is -0.382 e. The summed E-state index contributed by atoms with van der Waals surface area (Å²) in [7, 11) is 0. The van der Waals surface area contributed by atoms with E-state index in [4.69, 9.17) is 4.74 Å². The third kappa shape index (κ3) is 1.16. The van der Waals surface area contributed by atoms with Crippen molar-refractivity contribution in [2.45, 2.75) is 63.9 Å². The molecule has 2 N–H and O–H groups in total. The fraction of sp³-hybridized carbons (Fsp3) is 0.733. The first-order chi connectivity index (χ1) is 8.25. The monoisotopic (exact) mass is 250 g/mol. The minimum absolute atomic E-state index is 0.259. The van der Waals surface area contributed by atoms with Gasteiger partial charge in [-0.1, -0.05) is 12.5 Å². The van der Waals surface area contributed by atoms with Crippen LogP contribution < -0.4 is 0 Å². The topological polar surface area (TPSA) is 49.7 Å². The summed E-state index contributed by atoms with van der Waals surface area (Å²) in [4.78, 5) is 0. The van der Waals surface area contributed by atoms with E-state index >= 15 is 0 Å². The average Bonchev–Trinajstić information content (AvgIpc) is 2.69. The van der Waals surface area contributed by atoms with E-state index in [1.165, 1.54) is 0 Å². The van der Waals surface area contributed by atoms with E-state index in [1.54, 1.807) is 6.08 Å². The van der Waals surface area contributed by atoms with Gasteiger partial charge in [0.2, 0.25) is 5.79 Å². The summed E-state index contributed by atoms with van der Waals surface area (Å²) >= 11 is 0. The molecule has 3 rings (SSSR count). The summed E-state index contributed by atoms with van der Waals surface area (Å²) in [6.07, 6.45) is 4.01. The third-order valence-corrected chi connectivity index (χ3v) is 5.31. The molecule has 0 aromatic heterocycles. The van der Waals surface area contributed by atoms with Crippen LogP contribution >= 0.6 is 0 Å². The highest BCUT2D eigenvalue weighted by molar-refractivity contribution is 5.44. The number of rotatable bonds is 0. The molecule has 4 unspecified atom stereocenters. The van der Waals surface area contributed by atoms with Gasteiger partial charge in [0.15, 0.2) is 0 Å². The molecule has 3 heteroatoms. The maximum Gasteiger partial charge on any atom is 0.209 e. The molecule has 2 bridgehead atoms. The van der Waals surface area contributed by atoms with Crippen molar-refractivity contribution < 1.29 is 14.9 Å². The molecule has 0 amide bonds. The van der Waals surface area contributed by atoms with Crippen molar-refractivity contribution in [3.63, 3.8) is 0 Å². The lowest BCUT2D eigenvalue weighted by Crippen LogP contribution is -2.57. The maximum atomic E-state index is 11.0. The molecular formula is C15H22O3. The zero-order valence-electron chi connectivity index (χ0n) is 11.6. The SMILES string of the molecule is CC1=CC2(O)OC3(CC2=C(C)C)C(C)CCC13O. The second-order valence-electron chi connectivity index (χ2n) is 6.47. The van der Waals surface area contributed by atoms with Gasteiger partial charge in [-0.2, -0.15) is 0 Å². The van der Waals surface area contributed by atoms with Crippen LogP contribution in [0.25, 0.3) is 0 Å². The molecule has 1 saturated carbocycles. The Morgan fingerprint density at radius 3 is 2.67 bits per heavy atom. The summed E-state index contributed by atoms with van der Waals surface area (Å²) in [6, 6.07) is 0. The van der Waals surface area contributed by atoms with Crippen LogP contribution in [-0.4, -0.2) is 27.2 Å². The van der Waals surface area contributed by atoms with Gasteiger partial charge in [-0.05, 0) is 56.8 Å². The van der Waals surface area contributed by atoms with Crippen LogP contribution in [0.2, 0.25) is 0 Å². The normalized spacial score (nSPS) is 50.2. The number of ether oxygens (including phenoxy) is 1. The number of hydrogen-bond acceptors (Lipinski definition) is 3. The van der Waals surface area contributed by atoms with Crippen LogP contribution in [0.15, 0.2) is 22.8 Å². The minimum atomic E-state index is -1.30. The molecule has 3 nitrogen and oxygen atoms in total. The van der Waals surface area contributed by atoms with Crippen molar-refractivity contribution >= 4 is 0 Å². The van der Waals surface area contributed by atoms with Gasteiger partial charge in [-0.3, -0.25) is 0 Å². The Bertz CT molecular complexity index is 474. The summed E-state index contributed by atoms with van der Waals surface area (Å²) in [5, 5.41) is 21.7. The number of allylic oxidation sites excluding steroid dienone is 1. The number of aliphatic hydroxyl groups is 2. The standard InChI is InChI=1S/C15H22O3/c1-9(2)12-8-14-10(3)5-6-13(14,16)11(4)7-15(12,17)18-14/h7,10,16-17H,5-6,8H2,1-4H3. The second kappa shape index (κ2) is 3.27. The highest BCUT2D eigenvalue weighted by atomic mass is 16.7. The fourth-order valence-corrected chi connectivity index (χ4v) is 4.14. The largest absolute Gasteiger partial charge is 0.382 e. The zero-order valence-corrected chi connectivity index (χ0v) is 11.6. The molecule has 0 radical (unpaired) electrons. The molecule has 1 saturated heterocycles. The van der Waals surface area contributed by atoms with E-state index in [0.717, 1.165) is 29.6 Å². The van der Waals surface area contributed by atoms with Gasteiger partial charge in [0.25, 0.3) is 0 Å². The van der Waals surface area contributed by atoms with E-state index in [2.05, 4.69) is 6.92 Å². The zero-order chi connectivity index (χ0) is 13.3. The predicted octanol–water partition coefficient (Wildman–Crippen LogP) is 2.29. The molecule has 100 valence electrons. The molecule has 1 aliphatic carbocycles. The highest BCUT2D eigenvalue weighted by Crippen LogP contribution is 2.62. The quantitative estimate of drug-likeness (QED) is 0.649. The Balaban J connectivity index is 2.25. The molecule has 3 aliphatic rings. The molecule has 0 aromatic rings. The summed E-state index contributed by atoms with van der Waals surface area (Å²) in [6.45, 7) is 8.02. The molecule has 1 spiro atoms.